The van der Waals surface area contributed by atoms with Crippen LogP contribution in [0.2, 0.25) is 0 Å². The van der Waals surface area contributed by atoms with Gasteiger partial charge in [0.25, 0.3) is 0 Å². The molecule has 0 fully saturated rings. The SMILES string of the molecule is CCOc1cccc(C(N)c2ccncc2)c1. The van der Waals surface area contributed by atoms with Gasteiger partial charge in [-0.15, -0.1) is 0 Å². The summed E-state index contributed by atoms with van der Waals surface area (Å²) < 4.78 is 5.46. The molecule has 3 nitrogen and oxygen atoms in total. The van der Waals surface area contributed by atoms with Crippen LogP contribution >= 0.6 is 0 Å². The van der Waals surface area contributed by atoms with Gasteiger partial charge in [-0.05, 0) is 42.3 Å². The fourth-order valence-corrected chi connectivity index (χ4v) is 1.73. The largest absolute Gasteiger partial charge is 0.494 e. The molecule has 88 valence electrons. The molecule has 1 aromatic carbocycles. The Kier molecular flexibility index (Phi) is 3.73. The zero-order valence-electron chi connectivity index (χ0n) is 9.84. The summed E-state index contributed by atoms with van der Waals surface area (Å²) in [6.45, 7) is 2.63. The van der Waals surface area contributed by atoms with Gasteiger partial charge in [0, 0.05) is 12.4 Å². The van der Waals surface area contributed by atoms with Crippen LogP contribution in [0.1, 0.15) is 24.1 Å². The first-order chi connectivity index (χ1) is 8.31. The maximum Gasteiger partial charge on any atom is 0.119 e. The Labute approximate surface area is 101 Å². The van der Waals surface area contributed by atoms with Crippen molar-refractivity contribution in [3.63, 3.8) is 0 Å². The van der Waals surface area contributed by atoms with Crippen molar-refractivity contribution in [2.45, 2.75) is 13.0 Å². The molecule has 0 amide bonds. The topological polar surface area (TPSA) is 48.1 Å². The van der Waals surface area contributed by atoms with Crippen molar-refractivity contribution < 1.29 is 4.74 Å². The second-order valence-electron chi connectivity index (χ2n) is 3.76. The lowest BCUT2D eigenvalue weighted by atomic mass is 10.0. The van der Waals surface area contributed by atoms with E-state index in [1.165, 1.54) is 0 Å². The van der Waals surface area contributed by atoms with Crippen LogP contribution in [0.25, 0.3) is 0 Å². The van der Waals surface area contributed by atoms with Crippen molar-refractivity contribution in [1.82, 2.24) is 4.98 Å². The van der Waals surface area contributed by atoms with E-state index in [1.807, 2.05) is 43.3 Å². The predicted molar refractivity (Wildman–Crippen MR) is 67.9 cm³/mol. The molecule has 0 spiro atoms. The van der Waals surface area contributed by atoms with Gasteiger partial charge < -0.3 is 10.5 Å². The number of nitrogens with two attached hydrogens (primary N) is 1. The third-order valence-corrected chi connectivity index (χ3v) is 2.59. The Morgan fingerprint density at radius 2 is 1.94 bits per heavy atom. The molecular formula is C14H16N2O. The number of ether oxygens (including phenoxy) is 1. The average Bonchev–Trinajstić information content (AvgIpc) is 2.40. The lowest BCUT2D eigenvalue weighted by Crippen LogP contribution is -2.11. The summed E-state index contributed by atoms with van der Waals surface area (Å²) in [7, 11) is 0. The molecule has 1 heterocycles. The molecule has 1 unspecified atom stereocenters. The Hall–Kier alpha value is -1.87. The van der Waals surface area contributed by atoms with Crippen molar-refractivity contribution in [1.29, 1.82) is 0 Å². The standard InChI is InChI=1S/C14H16N2O/c1-2-17-13-5-3-4-12(10-13)14(15)11-6-8-16-9-7-11/h3-10,14H,2,15H2,1H3. The molecule has 1 atom stereocenters. The molecule has 2 N–H and O–H groups in total. The molecule has 0 saturated heterocycles. The Morgan fingerprint density at radius 1 is 1.18 bits per heavy atom. The molecule has 0 aliphatic rings. The van der Waals surface area contributed by atoms with E-state index >= 15 is 0 Å². The summed E-state index contributed by atoms with van der Waals surface area (Å²) in [5, 5.41) is 0. The maximum atomic E-state index is 6.20. The molecule has 0 saturated carbocycles. The van der Waals surface area contributed by atoms with E-state index in [2.05, 4.69) is 4.98 Å². The third kappa shape index (κ3) is 2.82. The molecule has 0 bridgehead atoms. The van der Waals surface area contributed by atoms with E-state index in [0.717, 1.165) is 16.9 Å². The van der Waals surface area contributed by atoms with Gasteiger partial charge in [0.15, 0.2) is 0 Å². The molecule has 0 aliphatic heterocycles. The number of hydrogen-bond donors (Lipinski definition) is 1. The van der Waals surface area contributed by atoms with Gasteiger partial charge in [0.2, 0.25) is 0 Å². The number of aromatic nitrogens is 1. The fraction of sp³-hybridized carbons (Fsp3) is 0.214. The zero-order chi connectivity index (χ0) is 12.1. The number of nitrogens with zero attached hydrogens (tertiary/aromatic N) is 1. The van der Waals surface area contributed by atoms with Crippen LogP contribution in [0.15, 0.2) is 48.8 Å². The Bertz CT molecular complexity index is 471. The van der Waals surface area contributed by atoms with Crippen LogP contribution in [-0.2, 0) is 0 Å². The van der Waals surface area contributed by atoms with E-state index in [1.54, 1.807) is 12.4 Å². The zero-order valence-corrected chi connectivity index (χ0v) is 9.84. The quantitative estimate of drug-likeness (QED) is 0.874. The van der Waals surface area contributed by atoms with Crippen LogP contribution in [0, 0.1) is 0 Å². The van der Waals surface area contributed by atoms with E-state index in [4.69, 9.17) is 10.5 Å². The number of rotatable bonds is 4. The first kappa shape index (κ1) is 11.6. The normalized spacial score (nSPS) is 12.1. The highest BCUT2D eigenvalue weighted by Crippen LogP contribution is 2.22. The maximum absolute atomic E-state index is 6.20. The highest BCUT2D eigenvalue weighted by molar-refractivity contribution is 5.35. The van der Waals surface area contributed by atoms with E-state index in [9.17, 15) is 0 Å². The van der Waals surface area contributed by atoms with Crippen molar-refractivity contribution in [2.75, 3.05) is 6.61 Å². The van der Waals surface area contributed by atoms with Crippen molar-refractivity contribution in [3.05, 3.63) is 59.9 Å². The van der Waals surface area contributed by atoms with Crippen LogP contribution in [0.4, 0.5) is 0 Å². The molecule has 17 heavy (non-hydrogen) atoms. The van der Waals surface area contributed by atoms with Gasteiger partial charge >= 0.3 is 0 Å². The van der Waals surface area contributed by atoms with Gasteiger partial charge in [0.1, 0.15) is 5.75 Å². The Morgan fingerprint density at radius 3 is 2.65 bits per heavy atom. The second kappa shape index (κ2) is 5.46. The molecule has 1 aromatic heterocycles. The van der Waals surface area contributed by atoms with Gasteiger partial charge in [-0.25, -0.2) is 0 Å². The molecule has 2 aromatic rings. The minimum absolute atomic E-state index is 0.140. The number of benzene rings is 1. The highest BCUT2D eigenvalue weighted by Gasteiger charge is 2.09. The van der Waals surface area contributed by atoms with Crippen LogP contribution < -0.4 is 10.5 Å². The first-order valence-corrected chi connectivity index (χ1v) is 5.69. The number of pyridine rings is 1. The Balaban J connectivity index is 2.25. The molecule has 0 radical (unpaired) electrons. The van der Waals surface area contributed by atoms with Crippen LogP contribution in [0.5, 0.6) is 5.75 Å². The minimum Gasteiger partial charge on any atom is -0.494 e. The van der Waals surface area contributed by atoms with Crippen LogP contribution in [0.3, 0.4) is 0 Å². The molecular weight excluding hydrogens is 212 g/mol. The lowest BCUT2D eigenvalue weighted by molar-refractivity contribution is 0.340. The highest BCUT2D eigenvalue weighted by atomic mass is 16.5. The third-order valence-electron chi connectivity index (χ3n) is 2.59. The van der Waals surface area contributed by atoms with Gasteiger partial charge in [0.05, 0.1) is 12.6 Å². The first-order valence-electron chi connectivity index (χ1n) is 5.69. The van der Waals surface area contributed by atoms with E-state index < -0.39 is 0 Å². The van der Waals surface area contributed by atoms with Crippen molar-refractivity contribution in [3.8, 4) is 5.75 Å². The number of hydrogen-bond acceptors (Lipinski definition) is 3. The predicted octanol–water partition coefficient (Wildman–Crippen LogP) is 2.53. The molecule has 0 aliphatic carbocycles. The summed E-state index contributed by atoms with van der Waals surface area (Å²) in [6, 6.07) is 11.6. The smallest absolute Gasteiger partial charge is 0.119 e. The van der Waals surface area contributed by atoms with Crippen LogP contribution in [-0.4, -0.2) is 11.6 Å². The summed E-state index contributed by atoms with van der Waals surface area (Å²) in [5.74, 6) is 0.856. The monoisotopic (exact) mass is 228 g/mol. The fourth-order valence-electron chi connectivity index (χ4n) is 1.73. The summed E-state index contributed by atoms with van der Waals surface area (Å²) in [6.07, 6.45) is 3.50. The summed E-state index contributed by atoms with van der Waals surface area (Å²) in [4.78, 5) is 3.99. The molecule has 3 heteroatoms. The van der Waals surface area contributed by atoms with Gasteiger partial charge in [-0.2, -0.15) is 0 Å². The van der Waals surface area contributed by atoms with E-state index in [0.29, 0.717) is 6.61 Å². The average molecular weight is 228 g/mol. The van der Waals surface area contributed by atoms with Crippen molar-refractivity contribution >= 4 is 0 Å². The van der Waals surface area contributed by atoms with Gasteiger partial charge in [-0.1, -0.05) is 12.1 Å². The second-order valence-corrected chi connectivity index (χ2v) is 3.76. The molecule has 2 rings (SSSR count). The van der Waals surface area contributed by atoms with E-state index in [-0.39, 0.29) is 6.04 Å². The van der Waals surface area contributed by atoms with Crippen molar-refractivity contribution in [2.24, 2.45) is 5.73 Å². The minimum atomic E-state index is -0.140. The summed E-state index contributed by atoms with van der Waals surface area (Å²) in [5.41, 5.74) is 8.29. The lowest BCUT2D eigenvalue weighted by Gasteiger charge is -2.13. The summed E-state index contributed by atoms with van der Waals surface area (Å²) >= 11 is 0. The van der Waals surface area contributed by atoms with Gasteiger partial charge in [-0.3, -0.25) is 4.98 Å².